The van der Waals surface area contributed by atoms with Crippen molar-refractivity contribution in [2.24, 2.45) is 0 Å². The normalized spacial score (nSPS) is 13.7. The average molecular weight is 480 g/mol. The van der Waals surface area contributed by atoms with Gasteiger partial charge >= 0.3 is 5.69 Å². The van der Waals surface area contributed by atoms with Crippen LogP contribution in [0, 0.1) is 10.1 Å². The fraction of sp³-hybridized carbons (Fsp3) is 0.261. The van der Waals surface area contributed by atoms with Gasteiger partial charge in [-0.1, -0.05) is 12.1 Å². The van der Waals surface area contributed by atoms with Crippen LogP contribution in [0.2, 0.25) is 0 Å². The van der Waals surface area contributed by atoms with Crippen molar-refractivity contribution < 1.29 is 19.1 Å². The zero-order valence-electron chi connectivity index (χ0n) is 18.1. The van der Waals surface area contributed by atoms with Crippen molar-refractivity contribution in [3.05, 3.63) is 68.4 Å². The predicted molar refractivity (Wildman–Crippen MR) is 128 cm³/mol. The highest BCUT2D eigenvalue weighted by molar-refractivity contribution is 7.12. The van der Waals surface area contributed by atoms with E-state index in [1.807, 2.05) is 12.1 Å². The Bertz CT molecular complexity index is 1340. The summed E-state index contributed by atoms with van der Waals surface area (Å²) in [6.07, 6.45) is 3.49. The Kier molecular flexibility index (Phi) is 6.09. The number of para-hydroxylation sites is 2. The summed E-state index contributed by atoms with van der Waals surface area (Å²) < 4.78 is 10.6. The number of thiophene rings is 1. The molecule has 1 saturated heterocycles. The number of nitrogens with zero attached hydrogens (tertiary/aromatic N) is 4. The summed E-state index contributed by atoms with van der Waals surface area (Å²) in [7, 11) is 0. The van der Waals surface area contributed by atoms with Gasteiger partial charge in [-0.2, -0.15) is 0 Å². The lowest BCUT2D eigenvalue weighted by Gasteiger charge is -2.28. The zero-order chi connectivity index (χ0) is 23.5. The van der Waals surface area contributed by atoms with Gasteiger partial charge in [-0.3, -0.25) is 14.9 Å². The van der Waals surface area contributed by atoms with Gasteiger partial charge in [-0.05, 0) is 59.2 Å². The molecule has 1 amide bonds. The lowest BCUT2D eigenvalue weighted by molar-refractivity contribution is -0.385. The van der Waals surface area contributed by atoms with Crippen molar-refractivity contribution >= 4 is 45.3 Å². The summed E-state index contributed by atoms with van der Waals surface area (Å²) in [6, 6.07) is 11.6. The Hall–Kier alpha value is -3.99. The van der Waals surface area contributed by atoms with Crippen LogP contribution in [0.25, 0.3) is 11.0 Å². The fourth-order valence-corrected chi connectivity index (χ4v) is 4.78. The molecule has 11 heteroatoms. The average Bonchev–Trinajstić information content (AvgIpc) is 3.54. The maximum Gasteiger partial charge on any atom is 0.310 e. The molecule has 34 heavy (non-hydrogen) atoms. The molecule has 0 unspecified atom stereocenters. The van der Waals surface area contributed by atoms with Crippen LogP contribution in [0.15, 0.2) is 52.5 Å². The van der Waals surface area contributed by atoms with Gasteiger partial charge in [0, 0.05) is 24.7 Å². The number of hydrogen-bond acceptors (Lipinski definition) is 9. The summed E-state index contributed by atoms with van der Waals surface area (Å²) in [5, 5.41) is 23.9. The molecule has 0 spiro atoms. The van der Waals surface area contributed by atoms with Gasteiger partial charge in [-0.25, -0.2) is 4.63 Å². The molecule has 1 aliphatic heterocycles. The summed E-state index contributed by atoms with van der Waals surface area (Å²) in [5.41, 5.74) is 3.25. The number of benzene rings is 2. The largest absolute Gasteiger partial charge is 0.482 e. The number of nitro groups is 1. The lowest BCUT2D eigenvalue weighted by Crippen LogP contribution is -2.29. The molecule has 0 atom stereocenters. The van der Waals surface area contributed by atoms with Crippen molar-refractivity contribution in [2.45, 2.75) is 25.9 Å². The smallest absolute Gasteiger partial charge is 0.310 e. The minimum atomic E-state index is -0.488. The second kappa shape index (κ2) is 9.48. The van der Waals surface area contributed by atoms with Gasteiger partial charge < -0.3 is 15.0 Å². The first-order valence-electron chi connectivity index (χ1n) is 10.9. The number of carbonyl (C=O) groups is 1. The van der Waals surface area contributed by atoms with Crippen LogP contribution in [0.4, 0.5) is 17.1 Å². The van der Waals surface area contributed by atoms with Gasteiger partial charge in [0.15, 0.2) is 16.8 Å². The van der Waals surface area contributed by atoms with Crippen LogP contribution in [-0.2, 0) is 6.61 Å². The Morgan fingerprint density at radius 2 is 1.94 bits per heavy atom. The Morgan fingerprint density at radius 1 is 1.15 bits per heavy atom. The molecule has 174 valence electrons. The number of amides is 1. The molecule has 0 radical (unpaired) electrons. The first kappa shape index (κ1) is 21.8. The molecule has 1 aliphatic rings. The number of piperidine rings is 1. The van der Waals surface area contributed by atoms with E-state index in [4.69, 9.17) is 9.37 Å². The quantitative estimate of drug-likeness (QED) is 0.290. The summed E-state index contributed by atoms with van der Waals surface area (Å²) >= 11 is 1.26. The Balaban J connectivity index is 1.28. The van der Waals surface area contributed by atoms with E-state index < -0.39 is 4.92 Å². The number of ether oxygens (including phenoxy) is 1. The van der Waals surface area contributed by atoms with Gasteiger partial charge in [0.25, 0.3) is 5.91 Å². The maximum atomic E-state index is 12.9. The third kappa shape index (κ3) is 4.42. The monoisotopic (exact) mass is 479 g/mol. The van der Waals surface area contributed by atoms with Crippen LogP contribution < -0.4 is 15.0 Å². The number of carbonyl (C=O) groups excluding carboxylic acids is 1. The van der Waals surface area contributed by atoms with Gasteiger partial charge in [0.2, 0.25) is 0 Å². The van der Waals surface area contributed by atoms with Crippen molar-refractivity contribution in [2.75, 3.05) is 23.3 Å². The zero-order valence-corrected chi connectivity index (χ0v) is 18.9. The van der Waals surface area contributed by atoms with E-state index in [1.54, 1.807) is 29.6 Å². The highest BCUT2D eigenvalue weighted by Gasteiger charge is 2.20. The number of nitrogens with one attached hydrogen (secondary N) is 1. The molecule has 2 aromatic heterocycles. The van der Waals surface area contributed by atoms with E-state index in [-0.39, 0.29) is 24.0 Å². The molecule has 2 aromatic carbocycles. The van der Waals surface area contributed by atoms with E-state index in [0.29, 0.717) is 21.6 Å². The Morgan fingerprint density at radius 3 is 2.76 bits per heavy atom. The SMILES string of the molecule is O=C(Nc1ccc(N2CCCCC2)c2nonc12)c1cc(COc2ccccc2[N+](=O)[O-])cs1. The summed E-state index contributed by atoms with van der Waals surface area (Å²) in [6.45, 7) is 2.02. The number of anilines is 2. The van der Waals surface area contributed by atoms with Crippen molar-refractivity contribution in [3.8, 4) is 5.75 Å². The van der Waals surface area contributed by atoms with E-state index in [0.717, 1.165) is 37.2 Å². The third-order valence-corrected chi connectivity index (χ3v) is 6.65. The van der Waals surface area contributed by atoms with E-state index in [2.05, 4.69) is 20.5 Å². The molecular weight excluding hydrogens is 458 g/mol. The molecule has 1 N–H and O–H groups in total. The Labute approximate surface area is 198 Å². The van der Waals surface area contributed by atoms with Gasteiger partial charge in [0.1, 0.15) is 6.61 Å². The molecule has 0 saturated carbocycles. The minimum Gasteiger partial charge on any atom is -0.482 e. The number of hydrogen-bond donors (Lipinski definition) is 1. The molecule has 3 heterocycles. The van der Waals surface area contributed by atoms with Crippen molar-refractivity contribution in [1.82, 2.24) is 10.3 Å². The summed E-state index contributed by atoms with van der Waals surface area (Å²) in [4.78, 5) is 26.3. The van der Waals surface area contributed by atoms with E-state index in [1.165, 1.54) is 23.8 Å². The lowest BCUT2D eigenvalue weighted by atomic mass is 10.1. The first-order chi connectivity index (χ1) is 16.6. The minimum absolute atomic E-state index is 0.103. The van der Waals surface area contributed by atoms with Crippen LogP contribution in [0.3, 0.4) is 0 Å². The van der Waals surface area contributed by atoms with Crippen LogP contribution in [0.5, 0.6) is 5.75 Å². The number of fused-ring (bicyclic) bond motifs is 1. The van der Waals surface area contributed by atoms with Crippen molar-refractivity contribution in [1.29, 1.82) is 0 Å². The highest BCUT2D eigenvalue weighted by Crippen LogP contribution is 2.32. The standard InChI is InChI=1S/C23H21N5O5S/c29-23(20-12-15(14-34-20)13-32-19-7-3-2-6-17(19)28(30)31)24-16-8-9-18(22-21(16)25-33-26-22)27-10-4-1-5-11-27/h2-3,6-9,12,14H,1,4-5,10-11,13H2,(H,24,29). The maximum absolute atomic E-state index is 12.9. The topological polar surface area (TPSA) is 124 Å². The molecule has 1 fully saturated rings. The first-order valence-corrected chi connectivity index (χ1v) is 11.7. The van der Waals surface area contributed by atoms with Crippen LogP contribution in [0.1, 0.15) is 34.5 Å². The van der Waals surface area contributed by atoms with Crippen LogP contribution >= 0.6 is 11.3 Å². The predicted octanol–water partition coefficient (Wildman–Crippen LogP) is 5.01. The van der Waals surface area contributed by atoms with Crippen LogP contribution in [-0.4, -0.2) is 34.2 Å². The van der Waals surface area contributed by atoms with Crippen molar-refractivity contribution in [3.63, 3.8) is 0 Å². The number of nitro benzene ring substituents is 1. The molecule has 4 aromatic rings. The molecule has 0 bridgehead atoms. The second-order valence-electron chi connectivity index (χ2n) is 7.93. The highest BCUT2D eigenvalue weighted by atomic mass is 32.1. The third-order valence-electron chi connectivity index (χ3n) is 5.67. The molecule has 10 nitrogen and oxygen atoms in total. The van der Waals surface area contributed by atoms with E-state index in [9.17, 15) is 14.9 Å². The second-order valence-corrected chi connectivity index (χ2v) is 8.84. The van der Waals surface area contributed by atoms with Gasteiger partial charge in [-0.15, -0.1) is 11.3 Å². The molecule has 5 rings (SSSR count). The van der Waals surface area contributed by atoms with Gasteiger partial charge in [0.05, 0.1) is 21.2 Å². The molecule has 0 aliphatic carbocycles. The molecular formula is C23H21N5O5S. The number of aromatic nitrogens is 2. The number of rotatable bonds is 7. The fourth-order valence-electron chi connectivity index (χ4n) is 3.99. The summed E-state index contributed by atoms with van der Waals surface area (Å²) in [5.74, 6) is -0.114. The van der Waals surface area contributed by atoms with E-state index >= 15 is 0 Å².